The summed E-state index contributed by atoms with van der Waals surface area (Å²) in [5.41, 5.74) is 4.10. The second kappa shape index (κ2) is 19.4. The van der Waals surface area contributed by atoms with E-state index in [-0.39, 0.29) is 30.8 Å². The van der Waals surface area contributed by atoms with Crippen LogP contribution >= 0.6 is 0 Å². The first-order chi connectivity index (χ1) is 28.3. The SMILES string of the molecule is CC[C@H]1OC(=O)[C@H](C)C(=O)[C@H](C)[C@@H](O[C@@H]2O[C@H](C)C[C@H](N(C)C)[C@H]2O)[C@](C)(OC(=O)NNCCc2ccc(-c3ncccn3)cc2)C[C@@H](C)C(=O)[C@H](C)[C@H]2NC(=O)O[C@@]21C. The number of ketones is 2. The Bertz CT molecular complexity index is 1830. The van der Waals surface area contributed by atoms with Crippen LogP contribution in [0.4, 0.5) is 9.59 Å². The summed E-state index contributed by atoms with van der Waals surface area (Å²) >= 11 is 0. The second-order valence-corrected chi connectivity index (χ2v) is 17.1. The number of amides is 2. The molecule has 4 N–H and O–H groups in total. The van der Waals surface area contributed by atoms with Crippen molar-refractivity contribution in [3.63, 3.8) is 0 Å². The minimum atomic E-state index is -1.76. The number of alkyl carbamates (subject to hydrolysis) is 1. The van der Waals surface area contributed by atoms with E-state index in [9.17, 15) is 29.1 Å². The average Bonchev–Trinajstić information content (AvgIpc) is 3.53. The zero-order valence-electron chi connectivity index (χ0n) is 36.3. The summed E-state index contributed by atoms with van der Waals surface area (Å²) in [6.45, 7) is 13.4. The fourth-order valence-corrected chi connectivity index (χ4v) is 8.93. The number of carbonyl (C=O) groups is 5. The van der Waals surface area contributed by atoms with Gasteiger partial charge in [-0.25, -0.2) is 25.0 Å². The van der Waals surface area contributed by atoms with Crippen LogP contribution in [0.25, 0.3) is 11.4 Å². The highest BCUT2D eigenvalue weighted by atomic mass is 16.7. The minimum absolute atomic E-state index is 0.160. The van der Waals surface area contributed by atoms with Crippen LogP contribution in [0.15, 0.2) is 42.7 Å². The van der Waals surface area contributed by atoms with Crippen LogP contribution in [0.1, 0.15) is 80.2 Å². The monoisotopic (exact) mass is 838 g/mol. The van der Waals surface area contributed by atoms with Crippen molar-refractivity contribution in [1.29, 1.82) is 0 Å². The van der Waals surface area contributed by atoms with Crippen LogP contribution < -0.4 is 16.2 Å². The van der Waals surface area contributed by atoms with Gasteiger partial charge >= 0.3 is 18.2 Å². The van der Waals surface area contributed by atoms with Gasteiger partial charge in [0.15, 0.2) is 23.5 Å². The quantitative estimate of drug-likeness (QED) is 0.0881. The Morgan fingerprint density at radius 3 is 2.30 bits per heavy atom. The summed E-state index contributed by atoms with van der Waals surface area (Å²) in [7, 11) is 3.65. The molecular formula is C43H62N6O11. The third-order valence-electron chi connectivity index (χ3n) is 12.3. The van der Waals surface area contributed by atoms with E-state index in [2.05, 4.69) is 26.1 Å². The summed E-state index contributed by atoms with van der Waals surface area (Å²) in [6.07, 6.45) is -2.45. The lowest BCUT2D eigenvalue weighted by molar-refractivity contribution is -0.292. The maximum atomic E-state index is 14.4. The first-order valence-electron chi connectivity index (χ1n) is 20.8. The predicted octanol–water partition coefficient (Wildman–Crippen LogP) is 3.76. The van der Waals surface area contributed by atoms with Crippen molar-refractivity contribution in [2.24, 2.45) is 23.7 Å². The molecule has 0 aliphatic carbocycles. The molecule has 0 saturated carbocycles. The van der Waals surface area contributed by atoms with Gasteiger partial charge < -0.3 is 39.0 Å². The highest BCUT2D eigenvalue weighted by Crippen LogP contribution is 2.40. The van der Waals surface area contributed by atoms with E-state index < -0.39 is 89.5 Å². The van der Waals surface area contributed by atoms with Crippen LogP contribution in [0, 0.1) is 23.7 Å². The number of aliphatic hydroxyl groups is 1. The number of rotatable bonds is 10. The number of hydrogen-bond donors (Lipinski definition) is 4. The van der Waals surface area contributed by atoms with Crippen molar-refractivity contribution in [2.45, 2.75) is 135 Å². The molecule has 17 nitrogen and oxygen atoms in total. The van der Waals surface area contributed by atoms with Gasteiger partial charge in [0, 0.05) is 48.3 Å². The summed E-state index contributed by atoms with van der Waals surface area (Å²) in [5.74, 6) is -5.40. The number of Topliss-reactive ketones (excluding diaryl/α,β-unsaturated/α-hetero) is 2. The topological polar surface area (TPSA) is 217 Å². The number of ether oxygens (including phenoxy) is 5. The van der Waals surface area contributed by atoms with Gasteiger partial charge in [0.25, 0.3) is 0 Å². The minimum Gasteiger partial charge on any atom is -0.458 e. The molecule has 3 fully saturated rings. The molecule has 3 saturated heterocycles. The van der Waals surface area contributed by atoms with Crippen molar-refractivity contribution in [2.75, 3.05) is 20.6 Å². The molecule has 3 aliphatic rings. The van der Waals surface area contributed by atoms with Gasteiger partial charge in [-0.3, -0.25) is 19.8 Å². The fraction of sp³-hybridized carbons (Fsp3) is 0.651. The van der Waals surface area contributed by atoms with Gasteiger partial charge in [0.1, 0.15) is 35.6 Å². The van der Waals surface area contributed by atoms with E-state index in [0.717, 1.165) is 11.1 Å². The number of aromatic nitrogens is 2. The Labute approximate surface area is 352 Å². The van der Waals surface area contributed by atoms with Crippen LogP contribution in [-0.4, -0.2) is 124 Å². The van der Waals surface area contributed by atoms with Gasteiger partial charge in [-0.05, 0) is 79.1 Å². The number of cyclic esters (lactones) is 1. The molecule has 0 unspecified atom stereocenters. The molecule has 60 heavy (non-hydrogen) atoms. The number of aliphatic hydroxyl groups excluding tert-OH is 1. The van der Waals surface area contributed by atoms with E-state index in [4.69, 9.17) is 23.7 Å². The Kier molecular flexibility index (Phi) is 15.1. The number of carbonyl (C=O) groups excluding carboxylic acids is 5. The highest BCUT2D eigenvalue weighted by molar-refractivity contribution is 6.00. The number of esters is 1. The molecule has 0 bridgehead atoms. The maximum Gasteiger partial charge on any atom is 0.422 e. The number of likely N-dealkylation sites (N-methyl/N-ethyl adjacent to an activating group) is 1. The van der Waals surface area contributed by atoms with Gasteiger partial charge in [0.05, 0.1) is 12.1 Å². The van der Waals surface area contributed by atoms with Crippen molar-refractivity contribution in [3.8, 4) is 11.4 Å². The third-order valence-corrected chi connectivity index (χ3v) is 12.3. The van der Waals surface area contributed by atoms with Crippen molar-refractivity contribution < 1.29 is 52.8 Å². The molecule has 2 aromatic rings. The fourth-order valence-electron chi connectivity index (χ4n) is 8.93. The molecule has 1 aromatic heterocycles. The van der Waals surface area contributed by atoms with Crippen LogP contribution in [0.3, 0.4) is 0 Å². The number of nitrogens with one attached hydrogen (secondary N) is 3. The Balaban J connectivity index is 1.45. The molecular weight excluding hydrogens is 777 g/mol. The van der Waals surface area contributed by atoms with Gasteiger partial charge in [-0.2, -0.15) is 0 Å². The largest absolute Gasteiger partial charge is 0.458 e. The number of nitrogens with zero attached hydrogens (tertiary/aromatic N) is 3. The molecule has 2 amide bonds. The smallest absolute Gasteiger partial charge is 0.422 e. The third kappa shape index (κ3) is 10.3. The lowest BCUT2D eigenvalue weighted by atomic mass is 9.73. The van der Waals surface area contributed by atoms with Crippen molar-refractivity contribution >= 4 is 29.7 Å². The van der Waals surface area contributed by atoms with Crippen LogP contribution in [0.5, 0.6) is 0 Å². The van der Waals surface area contributed by atoms with Crippen LogP contribution in [0.2, 0.25) is 0 Å². The van der Waals surface area contributed by atoms with E-state index in [1.807, 2.05) is 50.2 Å². The second-order valence-electron chi connectivity index (χ2n) is 17.1. The standard InChI is InChI=1S/C43H62N6O11/c1-11-31-43(8)35(47-40(54)60-43)25(4)32(50)23(2)22-42(7,59-41(55)48-46-20-17-28-13-15-29(16-14-28)37-44-18-12-19-45-37)36(26(5)33(51)27(6)38(53)57-31)58-39-34(52)30(49(9)10)21-24(3)56-39/h12-16,18-19,23-27,30-31,34-36,39,46,52H,11,17,20-22H2,1-10H3,(H,47,54)(H,48,55)/t23-,24-,25+,26+,27-,30+,31-,34-,35-,36-,39+,42-,43-/m1/s1. The van der Waals surface area contributed by atoms with E-state index in [1.165, 1.54) is 6.92 Å². The molecule has 5 rings (SSSR count). The summed E-state index contributed by atoms with van der Waals surface area (Å²) in [6, 6.07) is 8.17. The first-order valence-corrected chi connectivity index (χ1v) is 20.8. The molecule has 3 aliphatic heterocycles. The zero-order chi connectivity index (χ0) is 44.1. The maximum absolute atomic E-state index is 14.4. The molecule has 0 radical (unpaired) electrons. The Hall–Kier alpha value is -4.55. The predicted molar refractivity (Wildman–Crippen MR) is 218 cm³/mol. The lowest BCUT2D eigenvalue weighted by Gasteiger charge is -2.47. The molecule has 4 heterocycles. The normalized spacial score (nSPS) is 35.4. The van der Waals surface area contributed by atoms with Gasteiger partial charge in [0.2, 0.25) is 0 Å². The first kappa shape index (κ1) is 46.5. The zero-order valence-corrected chi connectivity index (χ0v) is 36.3. The number of hydrogen-bond acceptors (Lipinski definition) is 15. The lowest BCUT2D eigenvalue weighted by Crippen LogP contribution is -2.61. The Morgan fingerprint density at radius 2 is 1.67 bits per heavy atom. The van der Waals surface area contributed by atoms with Gasteiger partial charge in [-0.15, -0.1) is 0 Å². The molecule has 13 atom stereocenters. The summed E-state index contributed by atoms with van der Waals surface area (Å²) in [4.78, 5) is 79.6. The van der Waals surface area contributed by atoms with Crippen LogP contribution in [-0.2, 0) is 44.5 Å². The van der Waals surface area contributed by atoms with E-state index >= 15 is 0 Å². The molecule has 0 spiro atoms. The number of fused-ring (bicyclic) bond motifs is 1. The summed E-state index contributed by atoms with van der Waals surface area (Å²) < 4.78 is 30.6. The van der Waals surface area contributed by atoms with Crippen molar-refractivity contribution in [1.82, 2.24) is 31.0 Å². The average molecular weight is 839 g/mol. The van der Waals surface area contributed by atoms with E-state index in [1.54, 1.807) is 60.0 Å². The number of benzene rings is 1. The molecule has 17 heteroatoms. The van der Waals surface area contributed by atoms with E-state index in [0.29, 0.717) is 25.2 Å². The highest BCUT2D eigenvalue weighted by Gasteiger charge is 2.57. The molecule has 330 valence electrons. The number of hydrazine groups is 1. The Morgan fingerprint density at radius 1 is 1.00 bits per heavy atom. The van der Waals surface area contributed by atoms with Gasteiger partial charge in [-0.1, -0.05) is 52.0 Å². The summed E-state index contributed by atoms with van der Waals surface area (Å²) in [5, 5.41) is 14.3. The molecule has 1 aromatic carbocycles. The van der Waals surface area contributed by atoms with Crippen molar-refractivity contribution in [3.05, 3.63) is 48.3 Å².